The van der Waals surface area contributed by atoms with Crippen molar-refractivity contribution >= 4 is 11.8 Å². The largest absolute Gasteiger partial charge is 0.481 e. The van der Waals surface area contributed by atoms with Crippen molar-refractivity contribution in [1.29, 1.82) is 0 Å². The lowest BCUT2D eigenvalue weighted by atomic mass is 9.91. The number of aliphatic carboxylic acids is 1. The minimum atomic E-state index is -0.719. The molecule has 0 spiro atoms. The fourth-order valence-electron chi connectivity index (χ4n) is 2.96. The Bertz CT molecular complexity index is 302. The molecule has 0 aromatic rings. The Morgan fingerprint density at radius 3 is 1.61 bits per heavy atom. The number of ketones is 1. The van der Waals surface area contributed by atoms with Crippen LogP contribution in [0.5, 0.6) is 0 Å². The summed E-state index contributed by atoms with van der Waals surface area (Å²) < 4.78 is 0. The molecule has 0 saturated heterocycles. The molecule has 0 radical (unpaired) electrons. The Hall–Kier alpha value is -0.900. The first-order chi connectivity index (χ1) is 11.1. The molecule has 0 aromatic carbocycles. The van der Waals surface area contributed by atoms with E-state index in [1.165, 1.54) is 25.7 Å². The fourth-order valence-corrected chi connectivity index (χ4v) is 2.96. The van der Waals surface area contributed by atoms with Crippen LogP contribution in [0.25, 0.3) is 0 Å². The molecule has 0 aliphatic carbocycles. The van der Waals surface area contributed by atoms with Crippen LogP contribution in [0.15, 0.2) is 0 Å². The number of Topliss-reactive ketones (excluding diaryl/α,β-unsaturated/α-hetero) is 1. The number of carboxylic acid groups (broad SMARTS) is 1. The lowest BCUT2D eigenvalue weighted by Crippen LogP contribution is -2.11. The first-order valence-electron chi connectivity index (χ1n) is 9.41. The molecule has 4 nitrogen and oxygen atoms in total. The lowest BCUT2D eigenvalue weighted by molar-refractivity contribution is -0.137. The van der Waals surface area contributed by atoms with E-state index in [0.29, 0.717) is 12.4 Å². The molecule has 0 aliphatic heterocycles. The number of carbonyl (C=O) groups excluding carboxylic acids is 1. The van der Waals surface area contributed by atoms with Crippen LogP contribution < -0.4 is 0 Å². The van der Waals surface area contributed by atoms with Gasteiger partial charge in [0.25, 0.3) is 0 Å². The van der Waals surface area contributed by atoms with Crippen LogP contribution >= 0.6 is 0 Å². The van der Waals surface area contributed by atoms with Crippen molar-refractivity contribution in [3.05, 3.63) is 0 Å². The Labute approximate surface area is 141 Å². The van der Waals surface area contributed by atoms with E-state index in [-0.39, 0.29) is 12.3 Å². The van der Waals surface area contributed by atoms with Gasteiger partial charge >= 0.3 is 5.97 Å². The summed E-state index contributed by atoms with van der Waals surface area (Å²) in [7, 11) is 0. The number of hydrogen-bond acceptors (Lipinski definition) is 3. The number of carbonyl (C=O) groups is 2. The van der Waals surface area contributed by atoms with Gasteiger partial charge < -0.3 is 10.2 Å². The Kier molecular flexibility index (Phi) is 15.4. The number of hydrogen-bond donors (Lipinski definition) is 2. The standard InChI is InChI=1S/C19H36O4/c1-17(21)18(14-10-6-7-11-15-19(22)23)13-9-5-3-2-4-8-12-16-20/h18,20H,2-16H2,1H3,(H,22,23)/t18-/m0/s1. The second-order valence-corrected chi connectivity index (χ2v) is 6.64. The summed E-state index contributed by atoms with van der Waals surface area (Å²) in [5.74, 6) is -0.217. The molecule has 2 N–H and O–H groups in total. The van der Waals surface area contributed by atoms with Crippen molar-refractivity contribution in [2.24, 2.45) is 5.92 Å². The van der Waals surface area contributed by atoms with Gasteiger partial charge in [-0.1, -0.05) is 57.8 Å². The van der Waals surface area contributed by atoms with E-state index in [1.807, 2.05) is 0 Å². The third-order valence-corrected chi connectivity index (χ3v) is 4.48. The van der Waals surface area contributed by atoms with Crippen LogP contribution in [0.4, 0.5) is 0 Å². The molecule has 0 rings (SSSR count). The summed E-state index contributed by atoms with van der Waals surface area (Å²) >= 11 is 0. The molecule has 136 valence electrons. The van der Waals surface area contributed by atoms with Gasteiger partial charge in [0, 0.05) is 18.9 Å². The van der Waals surface area contributed by atoms with Crippen molar-refractivity contribution in [1.82, 2.24) is 0 Å². The van der Waals surface area contributed by atoms with Crippen LogP contribution in [-0.4, -0.2) is 28.6 Å². The van der Waals surface area contributed by atoms with Crippen LogP contribution in [0.1, 0.15) is 96.8 Å². The van der Waals surface area contributed by atoms with Gasteiger partial charge in [-0.15, -0.1) is 0 Å². The van der Waals surface area contributed by atoms with Crippen LogP contribution in [0.3, 0.4) is 0 Å². The molecule has 1 atom stereocenters. The molecule has 4 heteroatoms. The Morgan fingerprint density at radius 2 is 1.17 bits per heavy atom. The SMILES string of the molecule is CC(=O)[C@@H](CCCCCCCCCO)CCCCCCC(=O)O. The Balaban J connectivity index is 3.55. The predicted octanol–water partition coefficient (Wildman–Crippen LogP) is 4.73. The molecular weight excluding hydrogens is 292 g/mol. The van der Waals surface area contributed by atoms with E-state index in [2.05, 4.69) is 0 Å². The van der Waals surface area contributed by atoms with Crippen molar-refractivity contribution in [2.45, 2.75) is 96.8 Å². The van der Waals surface area contributed by atoms with Crippen LogP contribution in [0.2, 0.25) is 0 Å². The number of rotatable bonds is 17. The highest BCUT2D eigenvalue weighted by Gasteiger charge is 2.13. The number of aliphatic hydroxyl groups excluding tert-OH is 1. The second kappa shape index (κ2) is 16.0. The molecule has 0 saturated carbocycles. The van der Waals surface area contributed by atoms with E-state index >= 15 is 0 Å². The van der Waals surface area contributed by atoms with Gasteiger partial charge in [-0.25, -0.2) is 0 Å². The highest BCUT2D eigenvalue weighted by atomic mass is 16.4. The van der Waals surface area contributed by atoms with Gasteiger partial charge in [-0.05, 0) is 32.6 Å². The quantitative estimate of drug-likeness (QED) is 0.378. The second-order valence-electron chi connectivity index (χ2n) is 6.64. The van der Waals surface area contributed by atoms with E-state index in [1.54, 1.807) is 6.92 Å². The first kappa shape index (κ1) is 22.1. The normalized spacial score (nSPS) is 12.3. The van der Waals surface area contributed by atoms with Crippen molar-refractivity contribution in [3.63, 3.8) is 0 Å². The maximum absolute atomic E-state index is 11.7. The molecule has 23 heavy (non-hydrogen) atoms. The summed E-state index contributed by atoms with van der Waals surface area (Å²) in [6.45, 7) is 2.00. The van der Waals surface area contributed by atoms with E-state index in [9.17, 15) is 9.59 Å². The topological polar surface area (TPSA) is 74.6 Å². The van der Waals surface area contributed by atoms with Gasteiger partial charge in [0.15, 0.2) is 0 Å². The summed E-state index contributed by atoms with van der Waals surface area (Å²) in [6, 6.07) is 0. The van der Waals surface area contributed by atoms with Gasteiger partial charge in [0.2, 0.25) is 0 Å². The zero-order valence-electron chi connectivity index (χ0n) is 14.9. The van der Waals surface area contributed by atoms with Crippen molar-refractivity contribution in [2.75, 3.05) is 6.61 Å². The minimum absolute atomic E-state index is 0.198. The van der Waals surface area contributed by atoms with Crippen molar-refractivity contribution in [3.8, 4) is 0 Å². The smallest absolute Gasteiger partial charge is 0.303 e. The van der Waals surface area contributed by atoms with E-state index < -0.39 is 5.97 Å². The summed E-state index contributed by atoms with van der Waals surface area (Å²) in [5, 5.41) is 17.3. The lowest BCUT2D eigenvalue weighted by Gasteiger charge is -2.13. The molecule has 0 aliphatic rings. The first-order valence-corrected chi connectivity index (χ1v) is 9.41. The Morgan fingerprint density at radius 1 is 0.739 bits per heavy atom. The minimum Gasteiger partial charge on any atom is -0.481 e. The molecular formula is C19H36O4. The molecule has 0 amide bonds. The molecule has 0 unspecified atom stereocenters. The van der Waals surface area contributed by atoms with Gasteiger partial charge in [-0.3, -0.25) is 9.59 Å². The fraction of sp³-hybridized carbons (Fsp3) is 0.895. The number of unbranched alkanes of at least 4 members (excludes halogenated alkanes) is 9. The highest BCUT2D eigenvalue weighted by molar-refractivity contribution is 5.78. The van der Waals surface area contributed by atoms with Crippen LogP contribution in [-0.2, 0) is 9.59 Å². The van der Waals surface area contributed by atoms with E-state index in [0.717, 1.165) is 57.8 Å². The highest BCUT2D eigenvalue weighted by Crippen LogP contribution is 2.20. The van der Waals surface area contributed by atoms with Gasteiger partial charge in [-0.2, -0.15) is 0 Å². The average Bonchev–Trinajstić information content (AvgIpc) is 2.50. The van der Waals surface area contributed by atoms with Crippen LogP contribution in [0, 0.1) is 5.92 Å². The molecule has 0 bridgehead atoms. The zero-order valence-corrected chi connectivity index (χ0v) is 14.9. The average molecular weight is 328 g/mol. The third-order valence-electron chi connectivity index (χ3n) is 4.48. The third kappa shape index (κ3) is 15.8. The number of carboxylic acids is 1. The number of aliphatic hydroxyl groups is 1. The van der Waals surface area contributed by atoms with Crippen molar-refractivity contribution < 1.29 is 19.8 Å². The monoisotopic (exact) mass is 328 g/mol. The predicted molar refractivity (Wildman–Crippen MR) is 93.5 cm³/mol. The maximum atomic E-state index is 11.7. The van der Waals surface area contributed by atoms with Gasteiger partial charge in [0.05, 0.1) is 0 Å². The summed E-state index contributed by atoms with van der Waals surface area (Å²) in [5.41, 5.74) is 0. The maximum Gasteiger partial charge on any atom is 0.303 e. The zero-order chi connectivity index (χ0) is 17.3. The molecule has 0 heterocycles. The molecule has 0 fully saturated rings. The summed E-state index contributed by atoms with van der Waals surface area (Å²) in [6.07, 6.45) is 14.0. The molecule has 0 aromatic heterocycles. The van der Waals surface area contributed by atoms with Gasteiger partial charge in [0.1, 0.15) is 5.78 Å². The summed E-state index contributed by atoms with van der Waals surface area (Å²) in [4.78, 5) is 22.1. The van der Waals surface area contributed by atoms with E-state index in [4.69, 9.17) is 10.2 Å².